The van der Waals surface area contributed by atoms with Gasteiger partial charge in [-0.2, -0.15) is 0 Å². The number of aromatic nitrogens is 1. The van der Waals surface area contributed by atoms with E-state index in [-0.39, 0.29) is 12.0 Å². The monoisotopic (exact) mass is 311 g/mol. The van der Waals surface area contributed by atoms with Crippen LogP contribution in [0.25, 0.3) is 10.9 Å². The number of carbonyl (C=O) groups excluding carboxylic acids is 1. The van der Waals surface area contributed by atoms with Crippen LogP contribution in [0.4, 0.5) is 5.82 Å². The van der Waals surface area contributed by atoms with Gasteiger partial charge in [-0.05, 0) is 43.7 Å². The van der Waals surface area contributed by atoms with Crippen LogP contribution in [-0.2, 0) is 0 Å². The van der Waals surface area contributed by atoms with E-state index in [1.54, 1.807) is 6.07 Å². The minimum absolute atomic E-state index is 0.0445. The Morgan fingerprint density at radius 1 is 1.26 bits per heavy atom. The van der Waals surface area contributed by atoms with Crippen molar-refractivity contribution in [2.45, 2.75) is 37.8 Å². The van der Waals surface area contributed by atoms with Gasteiger partial charge < -0.3 is 15.7 Å². The van der Waals surface area contributed by atoms with E-state index in [1.165, 1.54) is 0 Å². The molecule has 1 amide bonds. The summed E-state index contributed by atoms with van der Waals surface area (Å²) in [7, 11) is 0. The molecule has 120 valence electrons. The Labute approximate surface area is 135 Å². The van der Waals surface area contributed by atoms with Crippen molar-refractivity contribution in [2.24, 2.45) is 5.92 Å². The number of carbonyl (C=O) groups is 1. The number of amides is 1. The summed E-state index contributed by atoms with van der Waals surface area (Å²) in [6.45, 7) is 0.472. The lowest BCUT2D eigenvalue weighted by atomic mass is 10.1. The Bertz CT molecular complexity index is 738. The molecule has 23 heavy (non-hydrogen) atoms. The van der Waals surface area contributed by atoms with Crippen LogP contribution in [0.15, 0.2) is 30.3 Å². The number of hydrogen-bond acceptors (Lipinski definition) is 4. The second-order valence-electron chi connectivity index (χ2n) is 6.61. The highest BCUT2D eigenvalue weighted by Gasteiger charge is 2.29. The average molecular weight is 311 g/mol. The van der Waals surface area contributed by atoms with Gasteiger partial charge in [0.1, 0.15) is 5.82 Å². The molecule has 0 saturated heterocycles. The van der Waals surface area contributed by atoms with Gasteiger partial charge in [-0.3, -0.25) is 4.79 Å². The number of aliphatic hydroxyl groups excluding tert-OH is 1. The van der Waals surface area contributed by atoms with Crippen molar-refractivity contribution in [3.63, 3.8) is 0 Å². The van der Waals surface area contributed by atoms with Crippen molar-refractivity contribution < 1.29 is 9.90 Å². The summed E-state index contributed by atoms with van der Waals surface area (Å²) >= 11 is 0. The number of nitrogens with one attached hydrogen (secondary N) is 2. The first-order valence-corrected chi connectivity index (χ1v) is 8.33. The Kier molecular flexibility index (Phi) is 3.65. The maximum Gasteiger partial charge on any atom is 0.252 e. The first-order valence-electron chi connectivity index (χ1n) is 8.33. The first kappa shape index (κ1) is 14.5. The quantitative estimate of drug-likeness (QED) is 0.765. The zero-order chi connectivity index (χ0) is 15.8. The van der Waals surface area contributed by atoms with Gasteiger partial charge >= 0.3 is 0 Å². The minimum Gasteiger partial charge on any atom is -0.391 e. The maximum atomic E-state index is 12.5. The van der Waals surface area contributed by atoms with Crippen molar-refractivity contribution in [3.05, 3.63) is 35.9 Å². The van der Waals surface area contributed by atoms with Crippen LogP contribution < -0.4 is 10.6 Å². The second-order valence-corrected chi connectivity index (χ2v) is 6.61. The predicted molar refractivity (Wildman–Crippen MR) is 89.5 cm³/mol. The number of aliphatic hydroxyl groups is 1. The summed E-state index contributed by atoms with van der Waals surface area (Å²) in [4.78, 5) is 17.1. The maximum absolute atomic E-state index is 12.5. The van der Waals surface area contributed by atoms with Crippen LogP contribution in [0.3, 0.4) is 0 Å². The molecule has 0 unspecified atom stereocenters. The van der Waals surface area contributed by atoms with Gasteiger partial charge in [0.15, 0.2) is 0 Å². The zero-order valence-electron chi connectivity index (χ0n) is 13.0. The number of benzene rings is 1. The molecule has 0 spiro atoms. The van der Waals surface area contributed by atoms with Crippen molar-refractivity contribution >= 4 is 22.6 Å². The molecule has 4 rings (SSSR count). The number of nitrogens with zero attached hydrogens (tertiary/aromatic N) is 1. The molecule has 3 N–H and O–H groups in total. The third kappa shape index (κ3) is 3.29. The topological polar surface area (TPSA) is 74.2 Å². The number of pyridine rings is 1. The van der Waals surface area contributed by atoms with Crippen LogP contribution in [0.5, 0.6) is 0 Å². The Morgan fingerprint density at radius 2 is 2.04 bits per heavy atom. The normalized spacial score (nSPS) is 18.7. The fourth-order valence-corrected chi connectivity index (χ4v) is 2.80. The second kappa shape index (κ2) is 5.81. The highest BCUT2D eigenvalue weighted by molar-refractivity contribution is 6.07. The largest absolute Gasteiger partial charge is 0.391 e. The summed E-state index contributed by atoms with van der Waals surface area (Å²) in [5.41, 5.74) is 1.44. The molecule has 2 aliphatic rings. The molecule has 5 heteroatoms. The lowest BCUT2D eigenvalue weighted by Gasteiger charge is -2.14. The van der Waals surface area contributed by atoms with Crippen LogP contribution in [0.2, 0.25) is 0 Å². The van der Waals surface area contributed by atoms with Crippen LogP contribution in [0.1, 0.15) is 36.0 Å². The van der Waals surface area contributed by atoms with Gasteiger partial charge in [0.2, 0.25) is 0 Å². The first-order chi connectivity index (χ1) is 11.2. The van der Waals surface area contributed by atoms with Crippen molar-refractivity contribution in [2.75, 3.05) is 11.9 Å². The molecule has 0 aliphatic heterocycles. The van der Waals surface area contributed by atoms with Gasteiger partial charge in [0.05, 0.1) is 17.2 Å². The molecule has 5 nitrogen and oxygen atoms in total. The Morgan fingerprint density at radius 3 is 2.78 bits per heavy atom. The number of anilines is 1. The summed E-state index contributed by atoms with van der Waals surface area (Å²) in [5.74, 6) is 1.02. The van der Waals surface area contributed by atoms with Gasteiger partial charge in [-0.1, -0.05) is 18.2 Å². The molecule has 1 aromatic heterocycles. The van der Waals surface area contributed by atoms with E-state index in [9.17, 15) is 9.90 Å². The van der Waals surface area contributed by atoms with Crippen LogP contribution >= 0.6 is 0 Å². The van der Waals surface area contributed by atoms with E-state index < -0.39 is 0 Å². The molecule has 2 fully saturated rings. The van der Waals surface area contributed by atoms with Gasteiger partial charge in [-0.15, -0.1) is 0 Å². The van der Waals surface area contributed by atoms with E-state index in [1.807, 2.05) is 24.3 Å². The molecular weight excluding hydrogens is 290 g/mol. The smallest absolute Gasteiger partial charge is 0.252 e. The molecule has 2 saturated carbocycles. The lowest BCUT2D eigenvalue weighted by Crippen LogP contribution is -2.26. The summed E-state index contributed by atoms with van der Waals surface area (Å²) in [6.07, 6.45) is 3.99. The molecule has 2 aromatic rings. The predicted octanol–water partition coefficient (Wildman–Crippen LogP) is 2.31. The molecule has 0 bridgehead atoms. The highest BCUT2D eigenvalue weighted by atomic mass is 16.3. The van der Waals surface area contributed by atoms with Crippen molar-refractivity contribution in [3.8, 4) is 0 Å². The molecule has 1 atom stereocenters. The highest BCUT2D eigenvalue weighted by Crippen LogP contribution is 2.32. The minimum atomic E-state index is -0.341. The number of fused-ring (bicyclic) bond motifs is 1. The van der Waals surface area contributed by atoms with Gasteiger partial charge in [0.25, 0.3) is 5.91 Å². The summed E-state index contributed by atoms with van der Waals surface area (Å²) in [5, 5.41) is 17.1. The van der Waals surface area contributed by atoms with E-state index in [0.29, 0.717) is 29.9 Å². The fraction of sp³-hybridized carbons (Fsp3) is 0.444. The van der Waals surface area contributed by atoms with Crippen molar-refractivity contribution in [1.82, 2.24) is 10.3 Å². The number of hydrogen-bond donors (Lipinski definition) is 3. The van der Waals surface area contributed by atoms with E-state index in [0.717, 1.165) is 36.6 Å². The molecule has 2 aliphatic carbocycles. The van der Waals surface area contributed by atoms with Crippen LogP contribution in [-0.4, -0.2) is 34.7 Å². The number of rotatable bonds is 6. The Hall–Kier alpha value is -2.14. The van der Waals surface area contributed by atoms with E-state index in [4.69, 9.17) is 0 Å². The van der Waals surface area contributed by atoms with E-state index in [2.05, 4.69) is 15.6 Å². The van der Waals surface area contributed by atoms with Crippen molar-refractivity contribution in [1.29, 1.82) is 0 Å². The van der Waals surface area contributed by atoms with E-state index >= 15 is 0 Å². The molecule has 0 radical (unpaired) electrons. The molecule has 1 aromatic carbocycles. The lowest BCUT2D eigenvalue weighted by molar-refractivity contribution is 0.0952. The standard InChI is InChI=1S/C18H21N3O2/c22-16(11-5-6-11)10-19-17-9-14(18(23)20-12-7-8-12)13-3-1-2-4-15(13)21-17/h1-4,9,11-12,16,22H,5-8,10H2,(H,19,21)(H,20,23)/t16-/m0/s1. The summed E-state index contributed by atoms with van der Waals surface area (Å²) in [6, 6.07) is 9.78. The van der Waals surface area contributed by atoms with Crippen LogP contribution in [0, 0.1) is 5.92 Å². The zero-order valence-corrected chi connectivity index (χ0v) is 13.0. The Balaban J connectivity index is 1.60. The molecule has 1 heterocycles. The average Bonchev–Trinajstić information content (AvgIpc) is 3.45. The number of para-hydroxylation sites is 1. The third-order valence-corrected chi connectivity index (χ3v) is 4.53. The SMILES string of the molecule is O=C(NC1CC1)c1cc(NC[C@H](O)C2CC2)nc2ccccc12. The third-order valence-electron chi connectivity index (χ3n) is 4.53. The van der Waals surface area contributed by atoms with Gasteiger partial charge in [-0.25, -0.2) is 4.98 Å². The van der Waals surface area contributed by atoms with Gasteiger partial charge in [0, 0.05) is 18.0 Å². The fourth-order valence-electron chi connectivity index (χ4n) is 2.80. The summed E-state index contributed by atoms with van der Waals surface area (Å²) < 4.78 is 0. The molecular formula is C18H21N3O2.